The van der Waals surface area contributed by atoms with Crippen LogP contribution in [0.15, 0.2) is 0 Å². The van der Waals surface area contributed by atoms with Gasteiger partial charge in [0.25, 0.3) is 0 Å². The Balaban J connectivity index is 2.12. The molecule has 0 unspecified atom stereocenters. The topological polar surface area (TPSA) is 124 Å². The zero-order valence-corrected chi connectivity index (χ0v) is 11.2. The van der Waals surface area contributed by atoms with Crippen molar-refractivity contribution in [2.24, 2.45) is 23.5 Å². The van der Waals surface area contributed by atoms with Gasteiger partial charge >= 0.3 is 13.1 Å². The summed E-state index contributed by atoms with van der Waals surface area (Å²) in [6.07, 6.45) is -1.29. The minimum atomic E-state index is -1.49. The molecule has 2 aliphatic rings. The number of carboxylic acid groups (broad SMARTS) is 1. The number of carbonyl (C=O) groups is 1. The van der Waals surface area contributed by atoms with Gasteiger partial charge < -0.3 is 26.0 Å². The SMILES string of the molecule is N[C@@]1(C(=O)O)C[C@H]2[C@H](F)[C@@H](O)C[C@H]2[C@@H]1CCCB(O)O. The predicted octanol–water partition coefficient (Wildman–Crippen LogP) is -0.624. The fourth-order valence-corrected chi connectivity index (χ4v) is 3.99. The molecule has 0 amide bonds. The number of alkyl halides is 1. The van der Waals surface area contributed by atoms with Crippen LogP contribution < -0.4 is 5.73 Å². The van der Waals surface area contributed by atoms with E-state index in [1.54, 1.807) is 0 Å². The number of carboxylic acids is 1. The average Bonchev–Trinajstić information content (AvgIpc) is 2.77. The number of aliphatic hydroxyl groups excluding tert-OH is 1. The maximum Gasteiger partial charge on any atom is 0.451 e. The van der Waals surface area contributed by atoms with Gasteiger partial charge in [-0.2, -0.15) is 0 Å². The Hall–Kier alpha value is -0.695. The molecule has 0 bridgehead atoms. The maximum absolute atomic E-state index is 13.9. The van der Waals surface area contributed by atoms with Gasteiger partial charge in [0, 0.05) is 0 Å². The van der Waals surface area contributed by atoms with Crippen molar-refractivity contribution in [1.29, 1.82) is 0 Å². The van der Waals surface area contributed by atoms with Crippen molar-refractivity contribution in [3.8, 4) is 0 Å². The second-order valence-corrected chi connectivity index (χ2v) is 6.14. The molecule has 0 spiro atoms. The third-order valence-corrected chi connectivity index (χ3v) is 4.97. The van der Waals surface area contributed by atoms with Gasteiger partial charge in [0.2, 0.25) is 0 Å². The molecule has 2 saturated carbocycles. The van der Waals surface area contributed by atoms with Crippen molar-refractivity contribution >= 4 is 13.1 Å². The molecule has 20 heavy (non-hydrogen) atoms. The zero-order valence-electron chi connectivity index (χ0n) is 11.2. The van der Waals surface area contributed by atoms with Gasteiger partial charge in [-0.05, 0) is 43.3 Å². The Morgan fingerprint density at radius 1 is 1.40 bits per heavy atom. The van der Waals surface area contributed by atoms with Gasteiger partial charge in [-0.1, -0.05) is 6.42 Å². The minimum Gasteiger partial charge on any atom is -0.480 e. The molecule has 2 aliphatic carbocycles. The van der Waals surface area contributed by atoms with Crippen molar-refractivity contribution < 1.29 is 29.4 Å². The summed E-state index contributed by atoms with van der Waals surface area (Å²) >= 11 is 0. The molecule has 0 saturated heterocycles. The Morgan fingerprint density at radius 3 is 2.60 bits per heavy atom. The molecular formula is C12H21BFNO5. The van der Waals surface area contributed by atoms with E-state index >= 15 is 0 Å². The molecule has 0 radical (unpaired) electrons. The van der Waals surface area contributed by atoms with E-state index in [-0.39, 0.29) is 25.1 Å². The van der Waals surface area contributed by atoms with Gasteiger partial charge in [0.15, 0.2) is 0 Å². The molecule has 8 heteroatoms. The lowest BCUT2D eigenvalue weighted by molar-refractivity contribution is -0.145. The molecule has 0 heterocycles. The lowest BCUT2D eigenvalue weighted by Crippen LogP contribution is -2.52. The highest BCUT2D eigenvalue weighted by Crippen LogP contribution is 2.54. The van der Waals surface area contributed by atoms with E-state index in [1.807, 2.05) is 0 Å². The molecule has 6 nitrogen and oxygen atoms in total. The molecule has 0 aromatic heterocycles. The lowest BCUT2D eigenvalue weighted by atomic mass is 9.75. The summed E-state index contributed by atoms with van der Waals surface area (Å²) in [5.41, 5.74) is 4.50. The highest BCUT2D eigenvalue weighted by molar-refractivity contribution is 6.40. The zero-order chi connectivity index (χ0) is 15.1. The van der Waals surface area contributed by atoms with Crippen LogP contribution in [0.5, 0.6) is 0 Å². The number of nitrogens with two attached hydrogens (primary N) is 1. The van der Waals surface area contributed by atoms with E-state index in [9.17, 15) is 19.4 Å². The highest BCUT2D eigenvalue weighted by atomic mass is 19.1. The normalized spacial score (nSPS) is 43.5. The first-order chi connectivity index (χ1) is 9.27. The minimum absolute atomic E-state index is 0.0254. The number of aliphatic hydroxyl groups is 1. The standard InChI is InChI=1S/C12H21BFNO5/c14-10-7-5-12(15,11(17)18)8(2-1-3-13(19)20)6(7)4-9(10)16/h6-10,16,19-20H,1-5,15H2,(H,17,18)/t6-,7-,8+,9+,10+,12+/m1/s1. The van der Waals surface area contributed by atoms with Crippen LogP contribution in [0.3, 0.4) is 0 Å². The first-order valence-corrected chi connectivity index (χ1v) is 6.98. The van der Waals surface area contributed by atoms with E-state index in [0.29, 0.717) is 12.8 Å². The van der Waals surface area contributed by atoms with Crippen molar-refractivity contribution in [2.45, 2.75) is 49.8 Å². The molecule has 0 aromatic rings. The first kappa shape index (κ1) is 15.7. The van der Waals surface area contributed by atoms with Crippen molar-refractivity contribution in [2.75, 3.05) is 0 Å². The summed E-state index contributed by atoms with van der Waals surface area (Å²) < 4.78 is 13.9. The van der Waals surface area contributed by atoms with Crippen LogP contribution in [0, 0.1) is 17.8 Å². The third kappa shape index (κ3) is 2.57. The third-order valence-electron chi connectivity index (χ3n) is 4.97. The van der Waals surface area contributed by atoms with E-state index < -0.39 is 42.7 Å². The van der Waals surface area contributed by atoms with Gasteiger partial charge in [0.05, 0.1) is 6.10 Å². The number of halogens is 1. The Labute approximate surface area is 116 Å². The average molecular weight is 289 g/mol. The van der Waals surface area contributed by atoms with Gasteiger partial charge in [0.1, 0.15) is 11.7 Å². The Morgan fingerprint density at radius 2 is 2.05 bits per heavy atom. The monoisotopic (exact) mass is 289 g/mol. The van der Waals surface area contributed by atoms with Crippen LogP contribution >= 0.6 is 0 Å². The van der Waals surface area contributed by atoms with E-state index in [0.717, 1.165) is 0 Å². The molecule has 0 aliphatic heterocycles. The summed E-state index contributed by atoms with van der Waals surface area (Å²) in [7, 11) is -1.44. The van der Waals surface area contributed by atoms with Crippen LogP contribution in [0.1, 0.15) is 25.7 Å². The van der Waals surface area contributed by atoms with Crippen LogP contribution in [-0.4, -0.2) is 51.2 Å². The van der Waals surface area contributed by atoms with Gasteiger partial charge in [-0.25, -0.2) is 4.39 Å². The fourth-order valence-electron chi connectivity index (χ4n) is 3.99. The molecule has 6 N–H and O–H groups in total. The van der Waals surface area contributed by atoms with Crippen LogP contribution in [0.2, 0.25) is 6.32 Å². The van der Waals surface area contributed by atoms with E-state index in [1.165, 1.54) is 0 Å². The second kappa shape index (κ2) is 5.59. The van der Waals surface area contributed by atoms with Crippen LogP contribution in [0.4, 0.5) is 4.39 Å². The number of aliphatic carboxylic acids is 1. The fraction of sp³-hybridized carbons (Fsp3) is 0.917. The summed E-state index contributed by atoms with van der Waals surface area (Å²) in [6, 6.07) is 0. The lowest BCUT2D eigenvalue weighted by Gasteiger charge is -2.30. The molecule has 2 rings (SSSR count). The first-order valence-electron chi connectivity index (χ1n) is 6.98. The van der Waals surface area contributed by atoms with Crippen molar-refractivity contribution in [1.82, 2.24) is 0 Å². The van der Waals surface area contributed by atoms with E-state index in [4.69, 9.17) is 15.8 Å². The summed E-state index contributed by atoms with van der Waals surface area (Å²) in [5, 5.41) is 36.6. The van der Waals surface area contributed by atoms with Gasteiger partial charge in [-0.15, -0.1) is 0 Å². The van der Waals surface area contributed by atoms with Gasteiger partial charge in [-0.3, -0.25) is 4.79 Å². The Bertz CT molecular complexity index is 385. The number of rotatable bonds is 5. The maximum atomic E-state index is 13.9. The molecule has 6 atom stereocenters. The highest BCUT2D eigenvalue weighted by Gasteiger charge is 2.61. The van der Waals surface area contributed by atoms with Crippen LogP contribution in [-0.2, 0) is 4.79 Å². The van der Waals surface area contributed by atoms with Crippen molar-refractivity contribution in [3.05, 3.63) is 0 Å². The largest absolute Gasteiger partial charge is 0.480 e. The Kier molecular flexibility index (Phi) is 4.39. The number of hydrogen-bond donors (Lipinski definition) is 5. The summed E-state index contributed by atoms with van der Waals surface area (Å²) in [5.74, 6) is -2.37. The number of hydrogen-bond acceptors (Lipinski definition) is 5. The molecule has 2 fully saturated rings. The smallest absolute Gasteiger partial charge is 0.451 e. The summed E-state index contributed by atoms with van der Waals surface area (Å²) in [4.78, 5) is 11.4. The quantitative estimate of drug-likeness (QED) is 0.430. The predicted molar refractivity (Wildman–Crippen MR) is 69.4 cm³/mol. The van der Waals surface area contributed by atoms with Crippen LogP contribution in [0.25, 0.3) is 0 Å². The van der Waals surface area contributed by atoms with Crippen molar-refractivity contribution in [3.63, 3.8) is 0 Å². The molecular weight excluding hydrogens is 268 g/mol. The second-order valence-electron chi connectivity index (χ2n) is 6.14. The molecule has 0 aromatic carbocycles. The molecule has 114 valence electrons. The number of fused-ring (bicyclic) bond motifs is 1. The van der Waals surface area contributed by atoms with E-state index in [2.05, 4.69) is 0 Å². The summed E-state index contributed by atoms with van der Waals surface area (Å²) in [6.45, 7) is 0.